The monoisotopic (exact) mass is 1820 g/mol. The second-order valence-corrected chi connectivity index (χ2v) is 53.3. The van der Waals surface area contributed by atoms with Crippen LogP contribution in [0.25, 0.3) is 382 Å². The first-order valence-electron chi connectivity index (χ1n) is 52.7. The van der Waals surface area contributed by atoms with Crippen molar-refractivity contribution in [2.45, 2.75) is 181 Å². The molecule has 0 atom stereocenters. The minimum absolute atomic E-state index is 0.0937. The summed E-state index contributed by atoms with van der Waals surface area (Å²) in [5, 5.41) is 90.8. The number of nitrogens with zero attached hydrogens (tertiary/aromatic N) is 2. The fraction of sp³-hybridized carbons (Fsp3) is 0.204. The highest BCUT2D eigenvalue weighted by molar-refractivity contribution is 6.82. The maximum absolute atomic E-state index is 16.3. The summed E-state index contributed by atoms with van der Waals surface area (Å²) in [6.45, 7) is 42.0. The summed E-state index contributed by atoms with van der Waals surface area (Å²) in [4.78, 5) is 36.7. The molecule has 43 rings (SSSR count). The SMILES string of the molecule is CC(C)(C)c1cc(-c2c3nc(c(-c4cc(C(C)(C)C)cc(C(C)(C)C)c4)c4ccc([nH]4)c(-c4cc(C(C)(C)C)cc(C(C)(C)C)c4)c4nc(c(-c5ccc(NC(=O)c6ccc7c(c6)CC68c9c%10c%11c%12c%13c%14c(c%15c%16c6c6c9c9c%17c%10c%10c%11c%11c%13c%13c%18c%14c%14c%15c%15c%16c%16c6c6c9c9c%17c%17c%10c%10c%11c%13c%11c%13c%18c%14c%14c%15c%15c%16c6c6c9c9c%17c%10c%11c%10c%13c%14c%15c6c9%10)C%128C7)cc5)c5ccc2[nH]5)C=C4)C=C3)cc(C(C)(C)C)c1. The normalized spacial score (nSPS) is 18.0. The Kier molecular flexibility index (Phi) is 9.91. The van der Waals surface area contributed by atoms with E-state index in [0.717, 1.165) is 108 Å². The van der Waals surface area contributed by atoms with Crippen molar-refractivity contribution in [3.63, 3.8) is 0 Å². The lowest BCUT2D eigenvalue weighted by atomic mass is 9.43. The fourth-order valence-electron chi connectivity index (χ4n) is 36.1. The minimum Gasteiger partial charge on any atom is -0.354 e. The Morgan fingerprint density at radius 1 is 0.231 bits per heavy atom. The van der Waals surface area contributed by atoms with Gasteiger partial charge in [-0.2, -0.15) is 0 Å². The van der Waals surface area contributed by atoms with Crippen LogP contribution in [-0.2, 0) is 56.2 Å². The maximum atomic E-state index is 16.3. The zero-order valence-corrected chi connectivity index (χ0v) is 82.6. The Hall–Kier alpha value is -15.4. The number of H-pyrrole nitrogens is 2. The van der Waals surface area contributed by atoms with E-state index in [1.807, 2.05) is 0 Å². The van der Waals surface area contributed by atoms with E-state index in [2.05, 4.69) is 286 Å². The van der Waals surface area contributed by atoms with Crippen molar-refractivity contribution < 1.29 is 4.79 Å². The topological polar surface area (TPSA) is 86.5 Å². The predicted octanol–water partition coefficient (Wildman–Crippen LogP) is 36.8. The third-order valence-corrected chi connectivity index (χ3v) is 41.1. The number of aromatic nitrogens is 4. The summed E-state index contributed by atoms with van der Waals surface area (Å²) in [6.07, 6.45) is 10.7. The molecule has 2 aliphatic heterocycles. The van der Waals surface area contributed by atoms with Crippen LogP contribution in [0.5, 0.6) is 0 Å². The van der Waals surface area contributed by atoms with Gasteiger partial charge >= 0.3 is 0 Å². The van der Waals surface area contributed by atoms with Crippen LogP contribution >= 0.6 is 0 Å². The largest absolute Gasteiger partial charge is 0.354 e. The van der Waals surface area contributed by atoms with Crippen molar-refractivity contribution in [2.75, 3.05) is 5.32 Å². The quantitative estimate of drug-likeness (QED) is 0.145. The number of aromatic amines is 2. The van der Waals surface area contributed by atoms with Gasteiger partial charge in [-0.25, -0.2) is 9.97 Å². The smallest absolute Gasteiger partial charge is 0.255 e. The molecule has 3 aromatic heterocycles. The lowest BCUT2D eigenvalue weighted by Gasteiger charge is -2.57. The zero-order valence-electron chi connectivity index (χ0n) is 82.6. The van der Waals surface area contributed by atoms with Crippen LogP contribution in [0, 0.1) is 0 Å². The first-order chi connectivity index (χ1) is 68.7. The molecule has 0 saturated heterocycles. The van der Waals surface area contributed by atoms with Gasteiger partial charge in [-0.15, -0.1) is 0 Å². The summed E-state index contributed by atoms with van der Waals surface area (Å²) >= 11 is 0. The van der Waals surface area contributed by atoms with Crippen LogP contribution in [0.2, 0.25) is 0 Å². The summed E-state index contributed by atoms with van der Waals surface area (Å²) in [6, 6.07) is 46.7. The number of hydrogen-bond donors (Lipinski definition) is 3. The Morgan fingerprint density at radius 3 is 0.650 bits per heavy atom. The van der Waals surface area contributed by atoms with Gasteiger partial charge in [-0.05, 0) is 498 Å². The molecule has 664 valence electrons. The molecule has 3 N–H and O–H groups in total. The average Bonchev–Trinajstić information content (AvgIpc) is 1.38. The number of hydrogen-bond acceptors (Lipinski definition) is 3. The second-order valence-electron chi connectivity index (χ2n) is 53.3. The van der Waals surface area contributed by atoms with Gasteiger partial charge in [0.2, 0.25) is 0 Å². The third kappa shape index (κ3) is 6.39. The molecule has 36 aromatic rings. The number of fused-ring (bicyclic) bond motifs is 9. The number of amides is 1. The molecule has 0 unspecified atom stereocenters. The van der Waals surface area contributed by atoms with E-state index in [1.54, 1.807) is 313 Å². The molecular formula is C137H85N5O. The highest BCUT2D eigenvalue weighted by Crippen LogP contribution is 2.86. The zero-order chi connectivity index (χ0) is 94.0. The molecule has 33 aromatic carbocycles. The molecular weight excluding hydrogens is 1730 g/mol. The summed E-state index contributed by atoms with van der Waals surface area (Å²) in [7, 11) is 0. The Labute approximate surface area is 814 Å². The van der Waals surface area contributed by atoms with Gasteiger partial charge in [0.05, 0.1) is 22.8 Å². The number of anilines is 1. The van der Waals surface area contributed by atoms with Crippen LogP contribution in [0.15, 0.2) is 121 Å². The Bertz CT molecular complexity index is 12000. The standard InChI is InChI=1S/C137H85N5O/c1-130(2,3)52-34-48(35-53(40-52)131(4,5)6)68-61-27-25-59(139-61)67(60-26-28-62(140-60)69(49-36-54(132(7,8)9)41-55(37-49)133(10,11)12)64-30-32-66(142-64)70(65-31-29-63(68)141-65)50-38-56(134(13,14)15)42-57(39-50)135(16,17)18)45-21-23-58(24-22-45)138-129(143)46-19-20-47-43-136-125-117-109-99-89-81-73-71-72-75-79-77(73)85-93-87(79)97-91-83(75)84-76(72)80-78-74(71)82(81)90-96-86(78)94-88(80)98-92(84)102-101(91)111-105(97)115-107(93)113(103(109)95(85)89)121(125)123(115)127-119(111)120-112(102)106(98)116-108(94)114-104(96)110(100(90)99)118(117)126(136)122(114)124(116)128(120)137(127,136)44-51(47)33-46/h19-42,139,142H,43-44H2,1-18H3,(H,138,143). The Balaban J connectivity index is 0.526. The van der Waals surface area contributed by atoms with Crippen molar-refractivity contribution in [3.8, 4) is 44.5 Å². The fourth-order valence-corrected chi connectivity index (χ4v) is 36.1. The predicted molar refractivity (Wildman–Crippen MR) is 608 cm³/mol. The lowest BCUT2D eigenvalue weighted by molar-refractivity contribution is 0.102. The average molecular weight is 1820 g/mol. The lowest BCUT2D eigenvalue weighted by Crippen LogP contribution is -2.56. The Morgan fingerprint density at radius 2 is 0.434 bits per heavy atom. The summed E-state index contributed by atoms with van der Waals surface area (Å²) < 4.78 is 0. The van der Waals surface area contributed by atoms with Crippen molar-refractivity contribution in [1.82, 2.24) is 19.9 Å². The molecule has 0 fully saturated rings. The minimum atomic E-state index is -0.482. The highest BCUT2D eigenvalue weighted by atomic mass is 16.1. The van der Waals surface area contributed by atoms with E-state index in [0.29, 0.717) is 5.56 Å². The van der Waals surface area contributed by atoms with Gasteiger partial charge in [0, 0.05) is 66.4 Å². The molecule has 143 heavy (non-hydrogen) atoms. The van der Waals surface area contributed by atoms with Gasteiger partial charge in [0.25, 0.3) is 5.91 Å². The van der Waals surface area contributed by atoms with Gasteiger partial charge in [0.1, 0.15) is 0 Å². The molecule has 7 aliphatic rings. The number of rotatable bonds is 6. The van der Waals surface area contributed by atoms with Gasteiger partial charge in [0.15, 0.2) is 0 Å². The number of nitrogens with one attached hydrogen (secondary N) is 3. The van der Waals surface area contributed by atoms with Gasteiger partial charge in [-0.1, -0.05) is 197 Å². The van der Waals surface area contributed by atoms with Crippen molar-refractivity contribution in [1.29, 1.82) is 0 Å². The summed E-state index contributed by atoms with van der Waals surface area (Å²) in [5.41, 5.74) is 32.3. The van der Waals surface area contributed by atoms with Crippen molar-refractivity contribution in [3.05, 3.63) is 216 Å². The third-order valence-electron chi connectivity index (χ3n) is 41.1. The van der Waals surface area contributed by atoms with Crippen LogP contribution in [-0.4, -0.2) is 25.8 Å². The first kappa shape index (κ1) is 72.0. The van der Waals surface area contributed by atoms with E-state index in [4.69, 9.17) is 9.97 Å². The molecule has 6 heteroatoms. The van der Waals surface area contributed by atoms with E-state index in [-0.39, 0.29) is 38.4 Å². The van der Waals surface area contributed by atoms with E-state index < -0.39 is 10.8 Å². The van der Waals surface area contributed by atoms with Crippen LogP contribution in [0.3, 0.4) is 0 Å². The van der Waals surface area contributed by atoms with Crippen molar-refractivity contribution in [2.24, 2.45) is 0 Å². The van der Waals surface area contributed by atoms with Crippen LogP contribution in [0.4, 0.5) is 5.69 Å². The molecule has 5 heterocycles. The first-order valence-corrected chi connectivity index (χ1v) is 52.7. The second kappa shape index (κ2) is 19.7. The van der Waals surface area contributed by atoms with Crippen LogP contribution in [0.1, 0.15) is 225 Å². The molecule has 5 aliphatic carbocycles. The van der Waals surface area contributed by atoms with E-state index in [9.17, 15) is 0 Å². The molecule has 0 saturated carbocycles. The van der Waals surface area contributed by atoms with E-state index in [1.165, 1.54) is 44.5 Å². The highest BCUT2D eigenvalue weighted by Gasteiger charge is 2.71. The molecule has 0 radical (unpaired) electrons. The van der Waals surface area contributed by atoms with Gasteiger partial charge in [-0.3, -0.25) is 4.79 Å². The number of carbonyl (C=O) groups is 1. The molecule has 1 amide bonds. The molecule has 6 nitrogen and oxygen atoms in total. The van der Waals surface area contributed by atoms with Gasteiger partial charge < -0.3 is 15.3 Å². The van der Waals surface area contributed by atoms with Crippen LogP contribution < -0.4 is 5.32 Å². The molecule has 2 spiro atoms. The number of carbonyl (C=O) groups excluding carboxylic acids is 1. The summed E-state index contributed by atoms with van der Waals surface area (Å²) in [5.74, 6) is -0.0937. The number of benzene rings is 23. The maximum Gasteiger partial charge on any atom is 0.255 e. The molecule has 8 bridgehead atoms. The van der Waals surface area contributed by atoms with Crippen molar-refractivity contribution >= 4 is 349 Å². The van der Waals surface area contributed by atoms with E-state index >= 15 is 4.79 Å².